The number of azide groups is 1. The zero-order chi connectivity index (χ0) is 23.7. The molecule has 3 rings (SSSR count). The number of carbonyl (C=O) groups is 3. The Kier molecular flexibility index (Phi) is 8.05. The van der Waals surface area contributed by atoms with Crippen molar-refractivity contribution in [2.75, 3.05) is 6.54 Å². The van der Waals surface area contributed by atoms with Gasteiger partial charge in [0.1, 0.15) is 0 Å². The van der Waals surface area contributed by atoms with Crippen molar-refractivity contribution >= 4 is 17.8 Å². The number of benzene rings is 2. The predicted molar refractivity (Wildman–Crippen MR) is 122 cm³/mol. The number of hydrogen-bond acceptors (Lipinski definition) is 4. The molecule has 1 atom stereocenters. The molecule has 1 aliphatic rings. The van der Waals surface area contributed by atoms with Crippen LogP contribution in [-0.4, -0.2) is 35.5 Å². The first-order valence-corrected chi connectivity index (χ1v) is 10.9. The molecular formula is C24H27N5O4. The maximum absolute atomic E-state index is 13.2. The van der Waals surface area contributed by atoms with Gasteiger partial charge in [-0.2, -0.15) is 0 Å². The lowest BCUT2D eigenvalue weighted by Gasteiger charge is -2.28. The Labute approximate surface area is 191 Å². The molecule has 0 radical (unpaired) electrons. The van der Waals surface area contributed by atoms with E-state index in [1.165, 1.54) is 0 Å². The summed E-state index contributed by atoms with van der Waals surface area (Å²) >= 11 is 0. The number of rotatable bonds is 10. The van der Waals surface area contributed by atoms with Crippen LogP contribution in [0.4, 0.5) is 0 Å². The van der Waals surface area contributed by atoms with Gasteiger partial charge in [0.25, 0.3) is 5.91 Å². The van der Waals surface area contributed by atoms with Crippen molar-refractivity contribution in [2.45, 2.75) is 50.1 Å². The lowest BCUT2D eigenvalue weighted by molar-refractivity contribution is -0.137. The number of carbonyl (C=O) groups excluding carboxylic acids is 2. The van der Waals surface area contributed by atoms with Gasteiger partial charge in [-0.15, -0.1) is 0 Å². The number of nitrogens with zero attached hydrogens (tertiary/aromatic N) is 3. The molecular weight excluding hydrogens is 422 g/mol. The lowest BCUT2D eigenvalue weighted by Crippen LogP contribution is -2.42. The number of hydrogen-bond donors (Lipinski definition) is 3. The highest BCUT2D eigenvalue weighted by Gasteiger charge is 2.42. The number of amides is 2. The number of nitrogens with one attached hydrogen (secondary N) is 2. The molecule has 9 nitrogen and oxygen atoms in total. The third-order valence-corrected chi connectivity index (χ3v) is 6.01. The highest BCUT2D eigenvalue weighted by atomic mass is 16.4. The minimum Gasteiger partial charge on any atom is -0.481 e. The molecule has 2 amide bonds. The van der Waals surface area contributed by atoms with E-state index >= 15 is 0 Å². The Morgan fingerprint density at radius 2 is 1.73 bits per heavy atom. The van der Waals surface area contributed by atoms with Crippen molar-refractivity contribution < 1.29 is 19.5 Å². The van der Waals surface area contributed by atoms with Gasteiger partial charge in [0.15, 0.2) is 0 Å². The minimum atomic E-state index is -1.10. The van der Waals surface area contributed by atoms with Crippen molar-refractivity contribution in [3.63, 3.8) is 0 Å². The van der Waals surface area contributed by atoms with Crippen molar-refractivity contribution in [3.8, 4) is 0 Å². The van der Waals surface area contributed by atoms with Crippen molar-refractivity contribution in [3.05, 3.63) is 81.7 Å². The monoisotopic (exact) mass is 449 g/mol. The standard InChI is InChI=1S/C24H27N5O4/c25-29-27-16-20(14-21(30)31)28-22(32)18-10-8-17(9-11-18)15-26-23(33)24(12-4-5-13-24)19-6-2-1-3-7-19/h1-3,6-11,20H,4-5,12-16H2,(H,26,33)(H,28,32)(H,30,31)/t20-/m0/s1. The largest absolute Gasteiger partial charge is 0.481 e. The molecule has 0 spiro atoms. The van der Waals surface area contributed by atoms with Gasteiger partial charge in [-0.1, -0.05) is 60.4 Å². The molecule has 172 valence electrons. The van der Waals surface area contributed by atoms with Gasteiger partial charge in [-0.3, -0.25) is 14.4 Å². The average Bonchev–Trinajstić information content (AvgIpc) is 3.33. The molecule has 9 heteroatoms. The number of carboxylic acids is 1. The van der Waals surface area contributed by atoms with E-state index in [2.05, 4.69) is 20.7 Å². The Morgan fingerprint density at radius 3 is 2.33 bits per heavy atom. The van der Waals surface area contributed by atoms with Gasteiger partial charge in [0, 0.05) is 29.6 Å². The van der Waals surface area contributed by atoms with Crippen LogP contribution in [0.2, 0.25) is 0 Å². The molecule has 1 fully saturated rings. The summed E-state index contributed by atoms with van der Waals surface area (Å²) < 4.78 is 0. The first-order chi connectivity index (χ1) is 15.9. The van der Waals surface area contributed by atoms with E-state index in [1.54, 1.807) is 24.3 Å². The summed E-state index contributed by atoms with van der Waals surface area (Å²) in [6.07, 6.45) is 3.35. The highest BCUT2D eigenvalue weighted by Crippen LogP contribution is 2.41. The molecule has 0 aromatic heterocycles. The van der Waals surface area contributed by atoms with E-state index in [0.29, 0.717) is 12.1 Å². The number of aliphatic carboxylic acids is 1. The van der Waals surface area contributed by atoms with Gasteiger partial charge < -0.3 is 15.7 Å². The van der Waals surface area contributed by atoms with Crippen molar-refractivity contribution in [2.24, 2.45) is 5.11 Å². The van der Waals surface area contributed by atoms with E-state index in [-0.39, 0.29) is 18.9 Å². The summed E-state index contributed by atoms with van der Waals surface area (Å²) in [5.41, 5.74) is 10.2. The van der Waals surface area contributed by atoms with Gasteiger partial charge in [0.05, 0.1) is 11.8 Å². The van der Waals surface area contributed by atoms with Crippen LogP contribution < -0.4 is 10.6 Å². The first kappa shape index (κ1) is 23.8. The molecule has 0 saturated heterocycles. The van der Waals surface area contributed by atoms with Crippen LogP contribution >= 0.6 is 0 Å². The van der Waals surface area contributed by atoms with Crippen LogP contribution in [0, 0.1) is 0 Å². The Balaban J connectivity index is 1.61. The molecule has 3 N–H and O–H groups in total. The molecule has 2 aromatic rings. The predicted octanol–water partition coefficient (Wildman–Crippen LogP) is 3.70. The van der Waals surface area contributed by atoms with Gasteiger partial charge in [-0.05, 0) is 41.6 Å². The summed E-state index contributed by atoms with van der Waals surface area (Å²) in [6.45, 7) is 0.190. The molecule has 33 heavy (non-hydrogen) atoms. The summed E-state index contributed by atoms with van der Waals surface area (Å²) in [4.78, 5) is 39.2. The molecule has 0 unspecified atom stereocenters. The summed E-state index contributed by atoms with van der Waals surface area (Å²) in [7, 11) is 0. The van der Waals surface area contributed by atoms with Crippen LogP contribution in [0.3, 0.4) is 0 Å². The highest BCUT2D eigenvalue weighted by molar-refractivity contribution is 5.94. The van der Waals surface area contributed by atoms with Gasteiger partial charge >= 0.3 is 5.97 Å². The third kappa shape index (κ3) is 6.11. The van der Waals surface area contributed by atoms with Gasteiger partial charge in [0.2, 0.25) is 5.91 Å². The average molecular weight is 450 g/mol. The van der Waals surface area contributed by atoms with Gasteiger partial charge in [-0.25, -0.2) is 0 Å². The van der Waals surface area contributed by atoms with Crippen LogP contribution in [-0.2, 0) is 21.5 Å². The summed E-state index contributed by atoms with van der Waals surface area (Å²) in [5.74, 6) is -1.54. The Bertz CT molecular complexity index is 1020. The lowest BCUT2D eigenvalue weighted by atomic mass is 9.78. The normalized spacial score (nSPS) is 15.2. The smallest absolute Gasteiger partial charge is 0.305 e. The Morgan fingerprint density at radius 1 is 1.06 bits per heavy atom. The fraction of sp³-hybridized carbons (Fsp3) is 0.375. The molecule has 1 aliphatic carbocycles. The summed E-state index contributed by atoms with van der Waals surface area (Å²) in [5, 5.41) is 17.9. The topological polar surface area (TPSA) is 144 Å². The maximum atomic E-state index is 13.2. The Hall–Kier alpha value is -3.84. The zero-order valence-electron chi connectivity index (χ0n) is 18.2. The summed E-state index contributed by atoms with van der Waals surface area (Å²) in [6, 6.07) is 15.8. The second kappa shape index (κ2) is 11.2. The maximum Gasteiger partial charge on any atom is 0.305 e. The molecule has 2 aromatic carbocycles. The van der Waals surface area contributed by atoms with Crippen molar-refractivity contribution in [1.82, 2.24) is 10.6 Å². The zero-order valence-corrected chi connectivity index (χ0v) is 18.2. The molecule has 0 aliphatic heterocycles. The van der Waals surface area contributed by atoms with E-state index in [4.69, 9.17) is 10.6 Å². The fourth-order valence-electron chi connectivity index (χ4n) is 4.28. The first-order valence-electron chi connectivity index (χ1n) is 10.9. The van der Waals surface area contributed by atoms with E-state index < -0.39 is 23.3 Å². The molecule has 0 heterocycles. The minimum absolute atomic E-state index is 0.0163. The quantitative estimate of drug-likeness (QED) is 0.288. The fourth-order valence-corrected chi connectivity index (χ4v) is 4.28. The molecule has 1 saturated carbocycles. The van der Waals surface area contributed by atoms with Crippen molar-refractivity contribution in [1.29, 1.82) is 0 Å². The van der Waals surface area contributed by atoms with E-state index in [9.17, 15) is 14.4 Å². The number of carboxylic acid groups (broad SMARTS) is 1. The van der Waals surface area contributed by atoms with E-state index in [1.807, 2.05) is 30.3 Å². The SMILES string of the molecule is [N-]=[N+]=NC[C@H](CC(=O)O)NC(=O)c1ccc(CNC(=O)C2(c3ccccc3)CCCC2)cc1. The second-order valence-corrected chi connectivity index (χ2v) is 8.22. The molecule has 0 bridgehead atoms. The van der Waals surface area contributed by atoms with Crippen LogP contribution in [0.15, 0.2) is 59.7 Å². The van der Waals surface area contributed by atoms with Crippen LogP contribution in [0.25, 0.3) is 10.4 Å². The third-order valence-electron chi connectivity index (χ3n) is 6.01. The van der Waals surface area contributed by atoms with Crippen LogP contribution in [0.5, 0.6) is 0 Å². The van der Waals surface area contributed by atoms with Crippen LogP contribution in [0.1, 0.15) is 53.6 Å². The second-order valence-electron chi connectivity index (χ2n) is 8.22. The van der Waals surface area contributed by atoms with E-state index in [0.717, 1.165) is 36.8 Å².